The van der Waals surface area contributed by atoms with Gasteiger partial charge in [0.1, 0.15) is 5.92 Å². The Balaban J connectivity index is 1.69. The van der Waals surface area contributed by atoms with E-state index >= 15 is 0 Å². The molecule has 2 fully saturated rings. The maximum absolute atomic E-state index is 13.7. The summed E-state index contributed by atoms with van der Waals surface area (Å²) in [6, 6.07) is 11.9. The lowest BCUT2D eigenvalue weighted by Crippen LogP contribution is -2.38. The maximum Gasteiger partial charge on any atom is 0.318 e. The number of hydrogen-bond donors (Lipinski definition) is 0. The molecule has 0 N–H and O–H groups in total. The van der Waals surface area contributed by atoms with Crippen LogP contribution < -0.4 is 4.31 Å². The van der Waals surface area contributed by atoms with Gasteiger partial charge in [-0.3, -0.25) is 13.9 Å². The Kier molecular flexibility index (Phi) is 6.80. The molecule has 2 atom stereocenters. The molecule has 2 heterocycles. The van der Waals surface area contributed by atoms with Gasteiger partial charge in [0.15, 0.2) is 16.4 Å². The molecular weight excluding hydrogens is 452 g/mol. The minimum atomic E-state index is -3.85. The first kappa shape index (κ1) is 24.4. The molecule has 2 unspecified atom stereocenters. The number of esters is 1. The van der Waals surface area contributed by atoms with E-state index in [9.17, 15) is 18.0 Å². The fourth-order valence-electron chi connectivity index (χ4n) is 5.19. The third-order valence-electron chi connectivity index (χ3n) is 6.96. The van der Waals surface area contributed by atoms with Gasteiger partial charge in [-0.2, -0.15) is 8.42 Å². The number of hydrogen-bond acceptors (Lipinski definition) is 6. The lowest BCUT2D eigenvalue weighted by atomic mass is 9.75. The zero-order valence-electron chi connectivity index (χ0n) is 19.9. The number of carbonyl (C=O) groups is 2. The molecular formula is C26H32N2O5S. The molecule has 2 aliphatic rings. The number of benzene rings is 1. The second-order valence-corrected chi connectivity index (χ2v) is 11.3. The second kappa shape index (κ2) is 9.49. The smallest absolute Gasteiger partial charge is 0.318 e. The average Bonchev–Trinajstić information content (AvgIpc) is 3.64. The van der Waals surface area contributed by atoms with Crippen molar-refractivity contribution in [3.8, 4) is 0 Å². The summed E-state index contributed by atoms with van der Waals surface area (Å²) in [5, 5.41) is -0.0416. The molecule has 1 aliphatic heterocycles. The first-order valence-corrected chi connectivity index (χ1v) is 13.5. The fraction of sp³-hybridized carbons (Fsp3) is 0.500. The first-order valence-electron chi connectivity index (χ1n) is 12.0. The summed E-state index contributed by atoms with van der Waals surface area (Å²) < 4.78 is 33.2. The number of anilines is 1. The Hall–Kier alpha value is -2.74. The van der Waals surface area contributed by atoms with Gasteiger partial charge in [0.2, 0.25) is 0 Å². The van der Waals surface area contributed by atoms with Crippen molar-refractivity contribution in [1.82, 2.24) is 4.98 Å². The zero-order valence-corrected chi connectivity index (χ0v) is 20.8. The topological polar surface area (TPSA) is 93.6 Å². The fourth-order valence-corrected chi connectivity index (χ4v) is 6.30. The summed E-state index contributed by atoms with van der Waals surface area (Å²) in [4.78, 5) is 30.8. The molecule has 4 rings (SSSR count). The Morgan fingerprint density at radius 1 is 1.09 bits per heavy atom. The van der Waals surface area contributed by atoms with Crippen LogP contribution in [0.15, 0.2) is 53.7 Å². The Labute approximate surface area is 201 Å². The number of carbonyl (C=O) groups excluding carboxylic acids is 2. The van der Waals surface area contributed by atoms with Crippen LogP contribution in [-0.2, 0) is 24.3 Å². The zero-order chi connectivity index (χ0) is 24.5. The van der Waals surface area contributed by atoms with Gasteiger partial charge in [-0.15, -0.1) is 0 Å². The standard InChI is InChI=1S/C26H32N2O5S/c1-4-14-26(15-5-2)24(29)23(25(30)33-26)22(18-12-13-18)19-9-8-10-20(17-19)28(3)34(31,32)21-11-6-7-16-27-21/h6-11,16-18,22-23H,4-5,12-15H2,1-3H3. The number of sulfonamides is 1. The van der Waals surface area contributed by atoms with Crippen LogP contribution in [0.25, 0.3) is 0 Å². The first-order chi connectivity index (χ1) is 16.2. The minimum absolute atomic E-state index is 0.0416. The quantitative estimate of drug-likeness (QED) is 0.365. The van der Waals surface area contributed by atoms with Gasteiger partial charge in [-0.05, 0) is 61.4 Å². The molecule has 0 radical (unpaired) electrons. The molecule has 1 aliphatic carbocycles. The summed E-state index contributed by atoms with van der Waals surface area (Å²) in [5.74, 6) is -1.52. The summed E-state index contributed by atoms with van der Waals surface area (Å²) >= 11 is 0. The highest BCUT2D eigenvalue weighted by Crippen LogP contribution is 2.52. The molecule has 2 aromatic rings. The Bertz CT molecular complexity index is 1150. The van der Waals surface area contributed by atoms with Crippen molar-refractivity contribution in [3.63, 3.8) is 0 Å². The van der Waals surface area contributed by atoms with Crippen molar-refractivity contribution in [2.45, 2.75) is 68.9 Å². The lowest BCUT2D eigenvalue weighted by molar-refractivity contribution is -0.154. The van der Waals surface area contributed by atoms with Gasteiger partial charge in [0, 0.05) is 19.2 Å². The molecule has 182 valence electrons. The molecule has 1 aromatic heterocycles. The van der Waals surface area contributed by atoms with Crippen LogP contribution in [0.3, 0.4) is 0 Å². The number of ether oxygens (including phenoxy) is 1. The van der Waals surface area contributed by atoms with Gasteiger partial charge in [-0.25, -0.2) is 4.98 Å². The molecule has 0 bridgehead atoms. The van der Waals surface area contributed by atoms with Crippen LogP contribution >= 0.6 is 0 Å². The van der Waals surface area contributed by atoms with Gasteiger partial charge in [0.05, 0.1) is 5.69 Å². The molecule has 1 aromatic carbocycles. The van der Waals surface area contributed by atoms with Crippen molar-refractivity contribution in [1.29, 1.82) is 0 Å². The van der Waals surface area contributed by atoms with E-state index in [1.54, 1.807) is 30.3 Å². The van der Waals surface area contributed by atoms with E-state index in [4.69, 9.17) is 4.74 Å². The number of nitrogens with zero attached hydrogens (tertiary/aromatic N) is 2. The van der Waals surface area contributed by atoms with Crippen molar-refractivity contribution in [2.24, 2.45) is 11.8 Å². The lowest BCUT2D eigenvalue weighted by Gasteiger charge is -2.26. The largest absolute Gasteiger partial charge is 0.450 e. The summed E-state index contributed by atoms with van der Waals surface area (Å²) in [6.07, 6.45) is 5.88. The summed E-state index contributed by atoms with van der Waals surface area (Å²) in [6.45, 7) is 3.98. The van der Waals surface area contributed by atoms with Crippen molar-refractivity contribution < 1.29 is 22.7 Å². The van der Waals surface area contributed by atoms with Crippen LogP contribution in [0.2, 0.25) is 0 Å². The Morgan fingerprint density at radius 3 is 2.38 bits per heavy atom. The number of ketones is 1. The Morgan fingerprint density at radius 2 is 1.79 bits per heavy atom. The molecule has 0 amide bonds. The molecule has 0 spiro atoms. The van der Waals surface area contributed by atoms with E-state index in [0.717, 1.165) is 31.2 Å². The van der Waals surface area contributed by atoms with Gasteiger partial charge < -0.3 is 4.74 Å². The van der Waals surface area contributed by atoms with Crippen LogP contribution in [0, 0.1) is 11.8 Å². The highest BCUT2D eigenvalue weighted by Gasteiger charge is 2.58. The van der Waals surface area contributed by atoms with E-state index < -0.39 is 27.5 Å². The number of Topliss-reactive ketones (excluding diaryl/α,β-unsaturated/α-hetero) is 1. The van der Waals surface area contributed by atoms with Crippen LogP contribution in [0.5, 0.6) is 0 Å². The predicted molar refractivity (Wildman–Crippen MR) is 129 cm³/mol. The van der Waals surface area contributed by atoms with Crippen LogP contribution in [-0.4, -0.2) is 37.8 Å². The normalized spacial score (nSPS) is 20.7. The summed E-state index contributed by atoms with van der Waals surface area (Å²) in [7, 11) is -2.37. The van der Waals surface area contributed by atoms with Crippen LogP contribution in [0.4, 0.5) is 5.69 Å². The average molecular weight is 485 g/mol. The van der Waals surface area contributed by atoms with E-state index in [1.165, 1.54) is 23.6 Å². The van der Waals surface area contributed by atoms with E-state index in [-0.39, 0.29) is 22.6 Å². The van der Waals surface area contributed by atoms with Crippen molar-refractivity contribution in [2.75, 3.05) is 11.4 Å². The van der Waals surface area contributed by atoms with Gasteiger partial charge >= 0.3 is 5.97 Å². The van der Waals surface area contributed by atoms with E-state index in [2.05, 4.69) is 4.98 Å². The third-order valence-corrected chi connectivity index (χ3v) is 8.66. The second-order valence-electron chi connectivity index (χ2n) is 9.36. The van der Waals surface area contributed by atoms with Gasteiger partial charge in [0.25, 0.3) is 10.0 Å². The highest BCUT2D eigenvalue weighted by atomic mass is 32.2. The van der Waals surface area contributed by atoms with Gasteiger partial charge in [-0.1, -0.05) is 44.9 Å². The SMILES string of the molecule is CCCC1(CCC)OC(=O)C(C(c2cccc(N(C)S(=O)(=O)c3ccccn3)c2)C2CC2)C1=O. The monoisotopic (exact) mass is 484 g/mol. The van der Waals surface area contributed by atoms with Crippen LogP contribution in [0.1, 0.15) is 63.9 Å². The molecule has 1 saturated heterocycles. The molecule has 1 saturated carbocycles. The molecule has 7 nitrogen and oxygen atoms in total. The van der Waals surface area contributed by atoms with Crippen molar-refractivity contribution >= 4 is 27.5 Å². The van der Waals surface area contributed by atoms with E-state index in [1.807, 2.05) is 19.9 Å². The number of pyridine rings is 1. The highest BCUT2D eigenvalue weighted by molar-refractivity contribution is 7.92. The third kappa shape index (κ3) is 4.35. The molecule has 34 heavy (non-hydrogen) atoms. The number of rotatable bonds is 10. The molecule has 8 heteroatoms. The maximum atomic E-state index is 13.7. The number of aromatic nitrogens is 1. The number of cyclic esters (lactones) is 1. The van der Waals surface area contributed by atoms with Crippen molar-refractivity contribution in [3.05, 3.63) is 54.2 Å². The minimum Gasteiger partial charge on any atom is -0.450 e. The predicted octanol–water partition coefficient (Wildman–Crippen LogP) is 4.48. The summed E-state index contributed by atoms with van der Waals surface area (Å²) in [5.41, 5.74) is 0.220. The van der Waals surface area contributed by atoms with E-state index in [0.29, 0.717) is 18.5 Å².